The first-order valence-electron chi connectivity index (χ1n) is 15.3. The van der Waals surface area contributed by atoms with E-state index in [2.05, 4.69) is 46.7 Å². The van der Waals surface area contributed by atoms with Gasteiger partial charge in [0.25, 0.3) is 11.8 Å². The normalized spacial score (nSPS) is 34.2. The number of carbonyl (C=O) groups excluding carboxylic acids is 3. The van der Waals surface area contributed by atoms with E-state index in [0.717, 1.165) is 29.5 Å². The fraction of sp³-hybridized carbons (Fsp3) is 0.594. The van der Waals surface area contributed by atoms with Crippen molar-refractivity contribution in [1.29, 1.82) is 0 Å². The summed E-state index contributed by atoms with van der Waals surface area (Å²) in [6.07, 6.45) is 6.51. The molecule has 3 amide bonds. The van der Waals surface area contributed by atoms with Gasteiger partial charge < -0.3 is 19.9 Å². The fourth-order valence-corrected chi connectivity index (χ4v) is 8.22. The molecule has 3 saturated heterocycles. The number of nitrogens with zero attached hydrogens (tertiary/aromatic N) is 3. The molecule has 10 nitrogen and oxygen atoms in total. The van der Waals surface area contributed by atoms with E-state index in [4.69, 9.17) is 9.47 Å². The minimum atomic E-state index is -1.67. The summed E-state index contributed by atoms with van der Waals surface area (Å²) < 4.78 is 12.9. The molecule has 224 valence electrons. The van der Waals surface area contributed by atoms with Crippen molar-refractivity contribution < 1.29 is 23.9 Å². The third kappa shape index (κ3) is 3.51. The standard InChI is InChI=1S/C32H41N5O5/c1-17(2)27-29(39)36-12-8-11-25(36)32(41-6)37(27)30(40)31(42-32,18(3)4)34-28(38)20-13-22-21-9-7-10-23-26(21)19(15-33-23)14-24(22)35(5)16-20/h7,9-10,13,15,17-18,20,24-25,27,33H,8,11-12,14,16H2,1-6H3,(H,34,38). The average molecular weight is 576 g/mol. The number of aromatic nitrogens is 1. The highest BCUT2D eigenvalue weighted by atomic mass is 16.8. The van der Waals surface area contributed by atoms with Crippen molar-refractivity contribution in [3.8, 4) is 0 Å². The Balaban J connectivity index is 1.27. The summed E-state index contributed by atoms with van der Waals surface area (Å²) in [4.78, 5) is 51.4. The predicted octanol–water partition coefficient (Wildman–Crippen LogP) is 2.69. The van der Waals surface area contributed by atoms with Crippen LogP contribution in [0.2, 0.25) is 0 Å². The van der Waals surface area contributed by atoms with Crippen molar-refractivity contribution in [2.75, 3.05) is 27.2 Å². The summed E-state index contributed by atoms with van der Waals surface area (Å²) in [7, 11) is 3.58. The molecule has 10 heteroatoms. The Morgan fingerprint density at radius 1 is 1.21 bits per heavy atom. The minimum absolute atomic E-state index is 0.0803. The number of methoxy groups -OCH3 is 1. The Labute approximate surface area is 246 Å². The number of hydrogen-bond acceptors (Lipinski definition) is 6. The van der Waals surface area contributed by atoms with Crippen molar-refractivity contribution in [3.05, 3.63) is 41.6 Å². The molecule has 1 aliphatic carbocycles. The average Bonchev–Trinajstić information content (AvgIpc) is 3.68. The van der Waals surface area contributed by atoms with Gasteiger partial charge in [0, 0.05) is 49.3 Å². The number of benzene rings is 1. The number of ether oxygens (including phenoxy) is 2. The molecule has 6 unspecified atom stereocenters. The Hall–Kier alpha value is -3.21. The SMILES string of the molecule is COC12OC(NC(=O)C3C=C4c5cccc6[nH]cc(c56)CC4N(C)C3)(C(C)C)C(=O)N1C(C(C)C)C(=O)N1CCCC12. The molecular weight excluding hydrogens is 534 g/mol. The van der Waals surface area contributed by atoms with Crippen LogP contribution in [0.25, 0.3) is 16.5 Å². The summed E-state index contributed by atoms with van der Waals surface area (Å²) in [5.41, 5.74) is 2.99. The van der Waals surface area contributed by atoms with Gasteiger partial charge in [-0.1, -0.05) is 45.9 Å². The van der Waals surface area contributed by atoms with Crippen molar-refractivity contribution in [2.24, 2.45) is 17.8 Å². The highest BCUT2D eigenvalue weighted by Gasteiger charge is 2.73. The zero-order valence-corrected chi connectivity index (χ0v) is 25.3. The molecule has 6 atom stereocenters. The number of carbonyl (C=O) groups is 3. The number of likely N-dealkylation sites (N-methyl/N-ethyl adjacent to an activating group) is 1. The van der Waals surface area contributed by atoms with Crippen LogP contribution in [0, 0.1) is 17.8 Å². The number of H-pyrrole nitrogens is 1. The number of nitrogens with one attached hydrogen (secondary N) is 2. The Kier molecular flexibility index (Phi) is 6.18. The number of amides is 3. The van der Waals surface area contributed by atoms with Crippen LogP contribution in [0.4, 0.5) is 0 Å². The summed E-state index contributed by atoms with van der Waals surface area (Å²) in [6.45, 7) is 8.72. The van der Waals surface area contributed by atoms with E-state index in [1.54, 1.807) is 0 Å². The molecular formula is C32H41N5O5. The molecule has 1 aromatic carbocycles. The highest BCUT2D eigenvalue weighted by molar-refractivity contribution is 6.01. The number of piperazine rings is 1. The van der Waals surface area contributed by atoms with Crippen LogP contribution in [-0.4, -0.2) is 94.4 Å². The molecule has 5 aliphatic rings. The molecule has 0 radical (unpaired) electrons. The second-order valence-electron chi connectivity index (χ2n) is 13.3. The van der Waals surface area contributed by atoms with Gasteiger partial charge in [0.15, 0.2) is 0 Å². The van der Waals surface area contributed by atoms with E-state index in [0.29, 0.717) is 19.5 Å². The summed E-state index contributed by atoms with van der Waals surface area (Å²) in [5, 5.41) is 4.31. The molecule has 1 aromatic heterocycles. The van der Waals surface area contributed by atoms with E-state index in [1.807, 2.05) is 38.7 Å². The fourth-order valence-electron chi connectivity index (χ4n) is 8.22. The Morgan fingerprint density at radius 3 is 2.71 bits per heavy atom. The van der Waals surface area contributed by atoms with Gasteiger partial charge in [-0.25, -0.2) is 0 Å². The molecule has 2 aromatic rings. The monoisotopic (exact) mass is 575 g/mol. The molecule has 4 aliphatic heterocycles. The quantitative estimate of drug-likeness (QED) is 0.568. The van der Waals surface area contributed by atoms with E-state index < -0.39 is 41.5 Å². The van der Waals surface area contributed by atoms with Crippen LogP contribution in [0.5, 0.6) is 0 Å². The van der Waals surface area contributed by atoms with Gasteiger partial charge in [0.05, 0.1) is 5.92 Å². The molecule has 0 spiro atoms. The maximum atomic E-state index is 14.6. The van der Waals surface area contributed by atoms with Crippen LogP contribution in [-0.2, 0) is 30.3 Å². The van der Waals surface area contributed by atoms with Crippen molar-refractivity contribution in [3.63, 3.8) is 0 Å². The Bertz CT molecular complexity index is 1510. The third-order valence-electron chi connectivity index (χ3n) is 10.3. The summed E-state index contributed by atoms with van der Waals surface area (Å²) in [6, 6.07) is 5.24. The van der Waals surface area contributed by atoms with Gasteiger partial charge in [-0.15, -0.1) is 0 Å². The molecule has 0 saturated carbocycles. The first kappa shape index (κ1) is 27.6. The lowest BCUT2D eigenvalue weighted by Crippen LogP contribution is -2.72. The number of fused-ring (bicyclic) bond motifs is 5. The summed E-state index contributed by atoms with van der Waals surface area (Å²) in [5.74, 6) is -3.32. The predicted molar refractivity (Wildman–Crippen MR) is 157 cm³/mol. The van der Waals surface area contributed by atoms with Crippen molar-refractivity contribution in [2.45, 2.75) is 76.7 Å². The molecule has 3 fully saturated rings. The van der Waals surface area contributed by atoms with Crippen LogP contribution in [0.15, 0.2) is 30.5 Å². The molecule has 5 heterocycles. The number of aromatic amines is 1. The van der Waals surface area contributed by atoms with E-state index >= 15 is 0 Å². The molecule has 2 N–H and O–H groups in total. The van der Waals surface area contributed by atoms with Crippen LogP contribution in [0.3, 0.4) is 0 Å². The summed E-state index contributed by atoms with van der Waals surface area (Å²) >= 11 is 0. The zero-order chi connectivity index (χ0) is 29.7. The van der Waals surface area contributed by atoms with Gasteiger partial charge in [-0.2, -0.15) is 0 Å². The maximum Gasteiger partial charge on any atom is 0.281 e. The minimum Gasteiger partial charge on any atom is -0.361 e. The first-order valence-corrected chi connectivity index (χ1v) is 15.3. The largest absolute Gasteiger partial charge is 0.361 e. The van der Waals surface area contributed by atoms with Crippen molar-refractivity contribution in [1.82, 2.24) is 25.0 Å². The highest BCUT2D eigenvalue weighted by Crippen LogP contribution is 2.50. The van der Waals surface area contributed by atoms with Crippen LogP contribution >= 0.6 is 0 Å². The lowest BCUT2D eigenvalue weighted by Gasteiger charge is -2.51. The zero-order valence-electron chi connectivity index (χ0n) is 25.3. The maximum absolute atomic E-state index is 14.6. The van der Waals surface area contributed by atoms with E-state index in [1.165, 1.54) is 23.0 Å². The third-order valence-corrected chi connectivity index (χ3v) is 10.3. The van der Waals surface area contributed by atoms with Gasteiger partial charge in [-0.05, 0) is 55.0 Å². The number of rotatable bonds is 5. The lowest BCUT2D eigenvalue weighted by atomic mass is 9.79. The molecule has 7 rings (SSSR count). The van der Waals surface area contributed by atoms with Gasteiger partial charge in [-0.3, -0.25) is 28.9 Å². The number of hydrogen-bond donors (Lipinski definition) is 2. The topological polar surface area (TPSA) is 107 Å². The second kappa shape index (κ2) is 9.39. The van der Waals surface area contributed by atoms with E-state index in [-0.39, 0.29) is 23.8 Å². The van der Waals surface area contributed by atoms with E-state index in [9.17, 15) is 14.4 Å². The first-order chi connectivity index (χ1) is 20.0. The van der Waals surface area contributed by atoms with Gasteiger partial charge in [0.2, 0.25) is 17.5 Å². The second-order valence-corrected chi connectivity index (χ2v) is 13.3. The smallest absolute Gasteiger partial charge is 0.281 e. The molecule has 0 bridgehead atoms. The molecule has 42 heavy (non-hydrogen) atoms. The van der Waals surface area contributed by atoms with Gasteiger partial charge in [0.1, 0.15) is 12.1 Å². The van der Waals surface area contributed by atoms with Crippen LogP contribution < -0.4 is 5.32 Å². The van der Waals surface area contributed by atoms with Crippen molar-refractivity contribution >= 4 is 34.2 Å². The Morgan fingerprint density at radius 2 is 2.00 bits per heavy atom. The lowest BCUT2D eigenvalue weighted by molar-refractivity contribution is -0.335. The van der Waals surface area contributed by atoms with Gasteiger partial charge >= 0.3 is 0 Å². The van der Waals surface area contributed by atoms with Crippen LogP contribution in [0.1, 0.15) is 51.7 Å².